The van der Waals surface area contributed by atoms with Gasteiger partial charge in [0.2, 0.25) is 0 Å². The third-order valence-corrected chi connectivity index (χ3v) is 3.36. The lowest BCUT2D eigenvalue weighted by atomic mass is 9.92. The lowest BCUT2D eigenvalue weighted by molar-refractivity contribution is 0.0379. The first-order chi connectivity index (χ1) is 7.00. The molecule has 15 heavy (non-hydrogen) atoms. The van der Waals surface area contributed by atoms with Gasteiger partial charge in [-0.1, -0.05) is 6.92 Å². The summed E-state index contributed by atoms with van der Waals surface area (Å²) in [5.41, 5.74) is -0.423. The molecule has 4 nitrogen and oxygen atoms in total. The highest BCUT2D eigenvalue weighted by Gasteiger charge is 2.31. The molecule has 0 amide bonds. The van der Waals surface area contributed by atoms with Crippen molar-refractivity contribution in [1.82, 2.24) is 4.90 Å². The molecule has 2 atom stereocenters. The Hall–Kier alpha value is -0.160. The van der Waals surface area contributed by atoms with Crippen LogP contribution in [0.25, 0.3) is 0 Å². The topological polar surface area (TPSA) is 63.9 Å². The lowest BCUT2D eigenvalue weighted by Crippen LogP contribution is -2.40. The predicted molar refractivity (Wildman–Crippen MR) is 58.5 cm³/mol. The molecule has 2 unspecified atom stereocenters. The van der Waals surface area contributed by atoms with Crippen molar-refractivity contribution in [2.45, 2.75) is 26.4 Å². The van der Waals surface area contributed by atoms with E-state index in [1.165, 1.54) is 0 Å². The van der Waals surface area contributed by atoms with E-state index in [0.717, 1.165) is 19.5 Å². The highest BCUT2D eigenvalue weighted by Crippen LogP contribution is 2.24. The number of aliphatic hydroxyl groups is 3. The van der Waals surface area contributed by atoms with Crippen LogP contribution in [0, 0.1) is 11.3 Å². The molecule has 1 aliphatic heterocycles. The predicted octanol–water partition coefficient (Wildman–Crippen LogP) is -0.320. The highest BCUT2D eigenvalue weighted by molar-refractivity contribution is 4.84. The van der Waals surface area contributed by atoms with Crippen molar-refractivity contribution in [1.29, 1.82) is 0 Å². The van der Waals surface area contributed by atoms with Gasteiger partial charge in [0.15, 0.2) is 0 Å². The van der Waals surface area contributed by atoms with Crippen LogP contribution in [0.5, 0.6) is 0 Å². The van der Waals surface area contributed by atoms with Gasteiger partial charge in [-0.2, -0.15) is 0 Å². The molecular formula is C11H23NO3. The highest BCUT2D eigenvalue weighted by atomic mass is 16.3. The van der Waals surface area contributed by atoms with Gasteiger partial charge in [-0.3, -0.25) is 0 Å². The van der Waals surface area contributed by atoms with Crippen molar-refractivity contribution in [3.05, 3.63) is 0 Å². The Labute approximate surface area is 91.5 Å². The number of rotatable bonds is 5. The zero-order valence-electron chi connectivity index (χ0n) is 9.69. The van der Waals surface area contributed by atoms with Gasteiger partial charge in [-0.05, 0) is 25.8 Å². The molecule has 1 rings (SSSR count). The summed E-state index contributed by atoms with van der Waals surface area (Å²) in [6.07, 6.45) is 0.745. The number of hydrogen-bond donors (Lipinski definition) is 3. The van der Waals surface area contributed by atoms with Crippen LogP contribution < -0.4 is 0 Å². The summed E-state index contributed by atoms with van der Waals surface area (Å²) in [6.45, 7) is 6.22. The maximum absolute atomic E-state index is 9.46. The van der Waals surface area contributed by atoms with Gasteiger partial charge in [-0.15, -0.1) is 0 Å². The first-order valence-electron chi connectivity index (χ1n) is 5.63. The van der Waals surface area contributed by atoms with Crippen molar-refractivity contribution in [2.24, 2.45) is 11.3 Å². The second kappa shape index (κ2) is 5.25. The van der Waals surface area contributed by atoms with Gasteiger partial charge < -0.3 is 20.2 Å². The Morgan fingerprint density at radius 1 is 1.40 bits per heavy atom. The first kappa shape index (κ1) is 12.9. The van der Waals surface area contributed by atoms with E-state index in [0.29, 0.717) is 12.5 Å². The van der Waals surface area contributed by atoms with E-state index in [9.17, 15) is 15.3 Å². The maximum atomic E-state index is 9.46. The molecule has 1 saturated heterocycles. The number of nitrogens with zero attached hydrogens (tertiary/aromatic N) is 1. The minimum absolute atomic E-state index is 0.000650. The standard InChI is InChI=1S/C11H23NO3/c1-9(15)10-3-4-12(5-10)6-11(2,7-13)8-14/h9-10,13-15H,3-8H2,1-2H3. The molecule has 0 saturated carbocycles. The molecule has 0 radical (unpaired) electrons. The fourth-order valence-corrected chi connectivity index (χ4v) is 2.09. The fourth-order valence-electron chi connectivity index (χ4n) is 2.09. The van der Waals surface area contributed by atoms with Crippen LogP contribution in [0.2, 0.25) is 0 Å². The molecule has 3 N–H and O–H groups in total. The lowest BCUT2D eigenvalue weighted by Gasteiger charge is -2.30. The van der Waals surface area contributed by atoms with E-state index in [1.54, 1.807) is 0 Å². The smallest absolute Gasteiger partial charge is 0.0552 e. The summed E-state index contributed by atoms with van der Waals surface area (Å²) >= 11 is 0. The van der Waals surface area contributed by atoms with Crippen LogP contribution in [0.3, 0.4) is 0 Å². The van der Waals surface area contributed by atoms with Gasteiger partial charge >= 0.3 is 0 Å². The summed E-state index contributed by atoms with van der Waals surface area (Å²) in [5, 5.41) is 27.8. The van der Waals surface area contributed by atoms with Crippen LogP contribution in [-0.2, 0) is 0 Å². The minimum Gasteiger partial charge on any atom is -0.396 e. The van der Waals surface area contributed by atoms with E-state index in [-0.39, 0.29) is 19.3 Å². The molecule has 0 aliphatic carbocycles. The molecular weight excluding hydrogens is 194 g/mol. The summed E-state index contributed by atoms with van der Waals surface area (Å²) in [6, 6.07) is 0. The summed E-state index contributed by atoms with van der Waals surface area (Å²) in [5.74, 6) is 0.339. The summed E-state index contributed by atoms with van der Waals surface area (Å²) in [7, 11) is 0. The molecule has 0 aromatic carbocycles. The SMILES string of the molecule is CC(O)C1CCN(CC(C)(CO)CO)C1. The molecule has 0 aromatic rings. The third kappa shape index (κ3) is 3.41. The second-order valence-electron chi connectivity index (χ2n) is 5.15. The average molecular weight is 217 g/mol. The third-order valence-electron chi connectivity index (χ3n) is 3.36. The zero-order chi connectivity index (χ0) is 11.5. The number of hydrogen-bond acceptors (Lipinski definition) is 4. The maximum Gasteiger partial charge on any atom is 0.0552 e. The van der Waals surface area contributed by atoms with Crippen molar-refractivity contribution >= 4 is 0 Å². The van der Waals surface area contributed by atoms with Crippen LogP contribution in [0.4, 0.5) is 0 Å². The Morgan fingerprint density at radius 3 is 2.40 bits per heavy atom. The van der Waals surface area contributed by atoms with Gasteiger partial charge in [0, 0.05) is 18.5 Å². The Bertz CT molecular complexity index is 192. The first-order valence-corrected chi connectivity index (χ1v) is 5.63. The van der Waals surface area contributed by atoms with Crippen LogP contribution >= 0.6 is 0 Å². The quantitative estimate of drug-likeness (QED) is 0.590. The molecule has 0 aromatic heterocycles. The summed E-state index contributed by atoms with van der Waals surface area (Å²) < 4.78 is 0. The Balaban J connectivity index is 2.41. The van der Waals surface area contributed by atoms with E-state index in [4.69, 9.17) is 0 Å². The normalized spacial score (nSPS) is 25.8. The van der Waals surface area contributed by atoms with Crippen molar-refractivity contribution < 1.29 is 15.3 Å². The van der Waals surface area contributed by atoms with E-state index < -0.39 is 5.41 Å². The van der Waals surface area contributed by atoms with Gasteiger partial charge in [0.25, 0.3) is 0 Å². The molecule has 4 heteroatoms. The van der Waals surface area contributed by atoms with E-state index >= 15 is 0 Å². The van der Waals surface area contributed by atoms with Crippen LogP contribution in [-0.4, -0.2) is 59.2 Å². The number of likely N-dealkylation sites (tertiary alicyclic amines) is 1. The van der Waals surface area contributed by atoms with Crippen molar-refractivity contribution in [2.75, 3.05) is 32.8 Å². The summed E-state index contributed by atoms with van der Waals surface area (Å²) in [4.78, 5) is 2.21. The van der Waals surface area contributed by atoms with Crippen LogP contribution in [0.15, 0.2) is 0 Å². The van der Waals surface area contributed by atoms with E-state index in [1.807, 2.05) is 13.8 Å². The van der Waals surface area contributed by atoms with Crippen LogP contribution in [0.1, 0.15) is 20.3 Å². The monoisotopic (exact) mass is 217 g/mol. The Kier molecular flexibility index (Phi) is 4.52. The van der Waals surface area contributed by atoms with Crippen molar-refractivity contribution in [3.63, 3.8) is 0 Å². The van der Waals surface area contributed by atoms with Gasteiger partial charge in [0.05, 0.1) is 19.3 Å². The van der Waals surface area contributed by atoms with Gasteiger partial charge in [-0.25, -0.2) is 0 Å². The van der Waals surface area contributed by atoms with Gasteiger partial charge in [0.1, 0.15) is 0 Å². The molecule has 0 bridgehead atoms. The fraction of sp³-hybridized carbons (Fsp3) is 1.00. The zero-order valence-corrected chi connectivity index (χ0v) is 9.69. The minimum atomic E-state index is -0.423. The molecule has 1 aliphatic rings. The largest absolute Gasteiger partial charge is 0.396 e. The van der Waals surface area contributed by atoms with Crippen molar-refractivity contribution in [3.8, 4) is 0 Å². The average Bonchev–Trinajstić information content (AvgIpc) is 2.66. The second-order valence-corrected chi connectivity index (χ2v) is 5.15. The molecule has 90 valence electrons. The molecule has 1 heterocycles. The molecule has 1 fully saturated rings. The Morgan fingerprint density at radius 2 is 2.00 bits per heavy atom. The van der Waals surface area contributed by atoms with E-state index in [2.05, 4.69) is 4.90 Å². The number of aliphatic hydroxyl groups excluding tert-OH is 3. The molecule has 0 spiro atoms.